The second-order valence-electron chi connectivity index (χ2n) is 4.85. The van der Waals surface area contributed by atoms with E-state index in [1.54, 1.807) is 13.1 Å². The van der Waals surface area contributed by atoms with Crippen LogP contribution in [0.15, 0.2) is 12.3 Å². The molecule has 5 nitrogen and oxygen atoms in total. The van der Waals surface area contributed by atoms with Gasteiger partial charge in [0.1, 0.15) is 0 Å². The van der Waals surface area contributed by atoms with E-state index in [0.29, 0.717) is 6.04 Å². The van der Waals surface area contributed by atoms with Gasteiger partial charge in [0.05, 0.1) is 0 Å². The van der Waals surface area contributed by atoms with Crippen LogP contribution in [-0.2, 0) is 4.79 Å². The molecule has 5 heteroatoms. The number of nitrogens with zero attached hydrogens (tertiary/aromatic N) is 4. The van der Waals surface area contributed by atoms with Crippen molar-refractivity contribution in [3.63, 3.8) is 0 Å². The first-order valence-corrected chi connectivity index (χ1v) is 6.36. The van der Waals surface area contributed by atoms with E-state index in [9.17, 15) is 4.79 Å². The number of hydrogen-bond acceptors (Lipinski definition) is 4. The average Bonchev–Trinajstić information content (AvgIpc) is 2.38. The van der Waals surface area contributed by atoms with E-state index in [0.717, 1.165) is 37.6 Å². The van der Waals surface area contributed by atoms with E-state index in [-0.39, 0.29) is 5.91 Å². The number of anilines is 1. The molecule has 0 aliphatic carbocycles. The highest BCUT2D eigenvalue weighted by Gasteiger charge is 2.24. The Morgan fingerprint density at radius 2 is 2.11 bits per heavy atom. The summed E-state index contributed by atoms with van der Waals surface area (Å²) < 4.78 is 0. The van der Waals surface area contributed by atoms with Gasteiger partial charge in [-0.15, -0.1) is 0 Å². The van der Waals surface area contributed by atoms with Crippen molar-refractivity contribution in [2.24, 2.45) is 0 Å². The second-order valence-corrected chi connectivity index (χ2v) is 4.85. The summed E-state index contributed by atoms with van der Waals surface area (Å²) in [6, 6.07) is 2.25. The summed E-state index contributed by atoms with van der Waals surface area (Å²) in [6.07, 6.45) is 3.76. The van der Waals surface area contributed by atoms with Crippen LogP contribution in [0.3, 0.4) is 0 Å². The minimum Gasteiger partial charge on any atom is -0.343 e. The standard InChI is InChI=1S/C13H20N4O/c1-10-4-7-14-13(15-10)17-8-5-12(6-9-17)16(3)11(2)18/h4,7,12H,5-6,8-9H2,1-3H3. The van der Waals surface area contributed by atoms with Gasteiger partial charge in [0, 0.05) is 45.0 Å². The lowest BCUT2D eigenvalue weighted by Crippen LogP contribution is -2.45. The zero-order valence-corrected chi connectivity index (χ0v) is 11.3. The molecule has 98 valence electrons. The number of aromatic nitrogens is 2. The van der Waals surface area contributed by atoms with Gasteiger partial charge in [-0.1, -0.05) is 0 Å². The van der Waals surface area contributed by atoms with Gasteiger partial charge in [0.2, 0.25) is 11.9 Å². The van der Waals surface area contributed by atoms with Gasteiger partial charge in [-0.05, 0) is 25.8 Å². The molecule has 0 aromatic carbocycles. The molecule has 1 amide bonds. The Kier molecular flexibility index (Phi) is 3.79. The van der Waals surface area contributed by atoms with Crippen LogP contribution in [0.5, 0.6) is 0 Å². The largest absolute Gasteiger partial charge is 0.343 e. The minimum atomic E-state index is 0.139. The fraction of sp³-hybridized carbons (Fsp3) is 0.615. The summed E-state index contributed by atoms with van der Waals surface area (Å²) in [5.41, 5.74) is 0.989. The summed E-state index contributed by atoms with van der Waals surface area (Å²) in [4.78, 5) is 24.1. The summed E-state index contributed by atoms with van der Waals surface area (Å²) >= 11 is 0. The Hall–Kier alpha value is -1.65. The van der Waals surface area contributed by atoms with Crippen molar-refractivity contribution < 1.29 is 4.79 Å². The molecule has 0 atom stereocenters. The molecule has 0 radical (unpaired) electrons. The third-order valence-corrected chi connectivity index (χ3v) is 3.57. The highest BCUT2D eigenvalue weighted by molar-refractivity contribution is 5.73. The molecule has 1 aromatic rings. The van der Waals surface area contributed by atoms with Crippen molar-refractivity contribution in [3.05, 3.63) is 18.0 Å². The molecule has 0 saturated carbocycles. The SMILES string of the molecule is CC(=O)N(C)C1CCN(c2nccc(C)n2)CC1. The Balaban J connectivity index is 1.96. The van der Waals surface area contributed by atoms with Crippen LogP contribution < -0.4 is 4.90 Å². The molecule has 1 aromatic heterocycles. The van der Waals surface area contributed by atoms with E-state index in [4.69, 9.17) is 0 Å². The molecule has 0 unspecified atom stereocenters. The molecule has 1 aliphatic rings. The van der Waals surface area contributed by atoms with Gasteiger partial charge in [0.25, 0.3) is 0 Å². The van der Waals surface area contributed by atoms with Crippen molar-refractivity contribution in [1.82, 2.24) is 14.9 Å². The normalized spacial score (nSPS) is 16.7. The van der Waals surface area contributed by atoms with E-state index in [2.05, 4.69) is 14.9 Å². The Morgan fingerprint density at radius 1 is 1.44 bits per heavy atom. The predicted octanol–water partition coefficient (Wildman–Crippen LogP) is 1.23. The molecule has 2 heterocycles. The number of amides is 1. The Labute approximate surface area is 108 Å². The summed E-state index contributed by atoms with van der Waals surface area (Å²) in [5.74, 6) is 0.944. The molecule has 0 spiro atoms. The monoisotopic (exact) mass is 248 g/mol. The van der Waals surface area contributed by atoms with E-state index < -0.39 is 0 Å². The molecular weight excluding hydrogens is 228 g/mol. The van der Waals surface area contributed by atoms with Crippen LogP contribution in [-0.4, -0.2) is 47.0 Å². The molecule has 2 rings (SSSR count). The lowest BCUT2D eigenvalue weighted by atomic mass is 10.0. The van der Waals surface area contributed by atoms with Crippen LogP contribution in [0.2, 0.25) is 0 Å². The van der Waals surface area contributed by atoms with Gasteiger partial charge in [0.15, 0.2) is 0 Å². The maximum atomic E-state index is 11.3. The third-order valence-electron chi connectivity index (χ3n) is 3.57. The van der Waals surface area contributed by atoms with Crippen LogP contribution in [0.1, 0.15) is 25.5 Å². The van der Waals surface area contributed by atoms with Crippen molar-refractivity contribution in [2.75, 3.05) is 25.0 Å². The second kappa shape index (κ2) is 5.33. The minimum absolute atomic E-state index is 0.139. The van der Waals surface area contributed by atoms with Gasteiger partial charge < -0.3 is 9.80 Å². The lowest BCUT2D eigenvalue weighted by molar-refractivity contribution is -0.129. The van der Waals surface area contributed by atoms with Crippen molar-refractivity contribution in [3.8, 4) is 0 Å². The number of rotatable bonds is 2. The Bertz CT molecular complexity index is 427. The molecular formula is C13H20N4O. The van der Waals surface area contributed by atoms with Crippen molar-refractivity contribution >= 4 is 11.9 Å². The molecule has 0 bridgehead atoms. The Morgan fingerprint density at radius 3 is 2.67 bits per heavy atom. The first-order valence-electron chi connectivity index (χ1n) is 6.36. The van der Waals surface area contributed by atoms with Gasteiger partial charge >= 0.3 is 0 Å². The highest BCUT2D eigenvalue weighted by Crippen LogP contribution is 2.19. The number of piperidine rings is 1. The average molecular weight is 248 g/mol. The van der Waals surface area contributed by atoms with Gasteiger partial charge in [-0.25, -0.2) is 9.97 Å². The fourth-order valence-corrected chi connectivity index (χ4v) is 2.30. The molecule has 1 saturated heterocycles. The summed E-state index contributed by atoms with van der Waals surface area (Å²) in [6.45, 7) is 5.41. The quantitative estimate of drug-likeness (QED) is 0.790. The van der Waals surface area contributed by atoms with E-state index >= 15 is 0 Å². The molecule has 1 aliphatic heterocycles. The summed E-state index contributed by atoms with van der Waals surface area (Å²) in [7, 11) is 1.88. The molecule has 0 N–H and O–H groups in total. The topological polar surface area (TPSA) is 49.3 Å². The van der Waals surface area contributed by atoms with E-state index in [1.807, 2.05) is 24.9 Å². The van der Waals surface area contributed by atoms with Gasteiger partial charge in [-0.2, -0.15) is 0 Å². The number of aryl methyl sites for hydroxylation is 1. The van der Waals surface area contributed by atoms with E-state index in [1.165, 1.54) is 0 Å². The predicted molar refractivity (Wildman–Crippen MR) is 70.4 cm³/mol. The van der Waals surface area contributed by atoms with Crippen LogP contribution in [0.4, 0.5) is 5.95 Å². The van der Waals surface area contributed by atoms with Crippen LogP contribution in [0, 0.1) is 6.92 Å². The molecule has 18 heavy (non-hydrogen) atoms. The number of carbonyl (C=O) groups excluding carboxylic acids is 1. The van der Waals surface area contributed by atoms with Crippen LogP contribution in [0.25, 0.3) is 0 Å². The zero-order chi connectivity index (χ0) is 13.1. The third kappa shape index (κ3) is 2.78. The maximum Gasteiger partial charge on any atom is 0.225 e. The van der Waals surface area contributed by atoms with Gasteiger partial charge in [-0.3, -0.25) is 4.79 Å². The zero-order valence-electron chi connectivity index (χ0n) is 11.3. The van der Waals surface area contributed by atoms with Crippen LogP contribution >= 0.6 is 0 Å². The molecule has 1 fully saturated rings. The first kappa shape index (κ1) is 12.8. The smallest absolute Gasteiger partial charge is 0.225 e. The summed E-state index contributed by atoms with van der Waals surface area (Å²) in [5, 5.41) is 0. The van der Waals surface area contributed by atoms with Crippen molar-refractivity contribution in [1.29, 1.82) is 0 Å². The first-order chi connectivity index (χ1) is 8.58. The number of hydrogen-bond donors (Lipinski definition) is 0. The maximum absolute atomic E-state index is 11.3. The van der Waals surface area contributed by atoms with Crippen molar-refractivity contribution in [2.45, 2.75) is 32.7 Å². The lowest BCUT2D eigenvalue weighted by Gasteiger charge is -2.36. The highest BCUT2D eigenvalue weighted by atomic mass is 16.2. The fourth-order valence-electron chi connectivity index (χ4n) is 2.30. The number of carbonyl (C=O) groups is 1.